The Hall–Kier alpha value is -1.85. The Labute approximate surface area is 110 Å². The molecule has 2 aromatic rings. The van der Waals surface area contributed by atoms with E-state index in [0.29, 0.717) is 16.8 Å². The number of hydrogen-bond acceptors (Lipinski definition) is 5. The van der Waals surface area contributed by atoms with E-state index >= 15 is 0 Å². The van der Waals surface area contributed by atoms with E-state index in [9.17, 15) is 0 Å². The summed E-state index contributed by atoms with van der Waals surface area (Å²) in [6, 6.07) is 5.68. The molecule has 0 atom stereocenters. The SMILES string of the molecule is Cc1cnc(NN)nc1Nc1cccc(Cl)c1C. The summed E-state index contributed by atoms with van der Waals surface area (Å²) in [5.41, 5.74) is 5.22. The van der Waals surface area contributed by atoms with Crippen molar-refractivity contribution < 1.29 is 0 Å². The van der Waals surface area contributed by atoms with E-state index in [-0.39, 0.29) is 0 Å². The lowest BCUT2D eigenvalue weighted by atomic mass is 10.2. The van der Waals surface area contributed by atoms with Gasteiger partial charge in [-0.3, -0.25) is 5.43 Å². The summed E-state index contributed by atoms with van der Waals surface area (Å²) in [6.07, 6.45) is 1.70. The van der Waals surface area contributed by atoms with Crippen molar-refractivity contribution in [2.75, 3.05) is 10.7 Å². The highest BCUT2D eigenvalue weighted by atomic mass is 35.5. The van der Waals surface area contributed by atoms with Gasteiger partial charge in [-0.05, 0) is 31.5 Å². The molecule has 0 aliphatic rings. The number of aromatic nitrogens is 2. The summed E-state index contributed by atoms with van der Waals surface area (Å²) in [6.45, 7) is 3.87. The monoisotopic (exact) mass is 263 g/mol. The third-order valence-corrected chi connectivity index (χ3v) is 3.03. The molecule has 5 nitrogen and oxygen atoms in total. The van der Waals surface area contributed by atoms with Crippen LogP contribution in [-0.4, -0.2) is 9.97 Å². The van der Waals surface area contributed by atoms with Gasteiger partial charge in [0.2, 0.25) is 5.95 Å². The Morgan fingerprint density at radius 2 is 2.06 bits per heavy atom. The molecule has 0 aliphatic heterocycles. The van der Waals surface area contributed by atoms with Gasteiger partial charge < -0.3 is 5.32 Å². The molecule has 0 bridgehead atoms. The highest BCUT2D eigenvalue weighted by Gasteiger charge is 2.06. The number of halogens is 1. The van der Waals surface area contributed by atoms with E-state index in [1.54, 1.807) is 6.20 Å². The molecule has 0 fully saturated rings. The van der Waals surface area contributed by atoms with Crippen LogP contribution in [0.1, 0.15) is 11.1 Å². The highest BCUT2D eigenvalue weighted by molar-refractivity contribution is 6.31. The van der Waals surface area contributed by atoms with E-state index in [2.05, 4.69) is 20.7 Å². The predicted molar refractivity (Wildman–Crippen MR) is 74.1 cm³/mol. The standard InChI is InChI=1S/C12H14ClN5/c1-7-6-15-12(18-14)17-11(7)16-10-5-3-4-9(13)8(10)2/h3-6H,14H2,1-2H3,(H2,15,16,17,18). The van der Waals surface area contributed by atoms with Crippen molar-refractivity contribution in [1.29, 1.82) is 0 Å². The third kappa shape index (κ3) is 2.52. The Kier molecular flexibility index (Phi) is 3.64. The first-order chi connectivity index (χ1) is 8.61. The maximum absolute atomic E-state index is 6.07. The molecule has 2 rings (SSSR count). The maximum atomic E-state index is 6.07. The first-order valence-electron chi connectivity index (χ1n) is 5.44. The minimum Gasteiger partial charge on any atom is -0.340 e. The van der Waals surface area contributed by atoms with Gasteiger partial charge in [0, 0.05) is 22.5 Å². The molecule has 0 amide bonds. The fourth-order valence-corrected chi connectivity index (χ4v) is 1.68. The van der Waals surface area contributed by atoms with Crippen LogP contribution in [0.4, 0.5) is 17.5 Å². The largest absolute Gasteiger partial charge is 0.340 e. The van der Waals surface area contributed by atoms with Gasteiger partial charge in [-0.15, -0.1) is 0 Å². The first kappa shape index (κ1) is 12.6. The molecule has 0 unspecified atom stereocenters. The molecule has 0 saturated heterocycles. The van der Waals surface area contributed by atoms with Crippen LogP contribution in [0.2, 0.25) is 5.02 Å². The zero-order valence-electron chi connectivity index (χ0n) is 10.2. The van der Waals surface area contributed by atoms with Gasteiger partial charge in [0.1, 0.15) is 5.82 Å². The molecule has 94 valence electrons. The summed E-state index contributed by atoms with van der Waals surface area (Å²) in [4.78, 5) is 8.28. The van der Waals surface area contributed by atoms with Crippen molar-refractivity contribution in [2.24, 2.45) is 5.84 Å². The number of hydrazine groups is 1. The molecule has 0 aliphatic carbocycles. The Bertz CT molecular complexity index is 570. The number of rotatable bonds is 3. The molecule has 1 aromatic carbocycles. The summed E-state index contributed by atoms with van der Waals surface area (Å²) >= 11 is 6.07. The molecular weight excluding hydrogens is 250 g/mol. The highest BCUT2D eigenvalue weighted by Crippen LogP contribution is 2.26. The zero-order valence-corrected chi connectivity index (χ0v) is 10.9. The molecule has 6 heteroatoms. The topological polar surface area (TPSA) is 75.9 Å². The number of hydrogen-bond donors (Lipinski definition) is 3. The summed E-state index contributed by atoms with van der Waals surface area (Å²) in [5, 5.41) is 3.94. The number of nitrogens with one attached hydrogen (secondary N) is 2. The first-order valence-corrected chi connectivity index (χ1v) is 5.82. The van der Waals surface area contributed by atoms with Crippen LogP contribution >= 0.6 is 11.6 Å². The number of nitrogen functional groups attached to an aromatic ring is 1. The van der Waals surface area contributed by atoms with E-state index in [0.717, 1.165) is 16.8 Å². The fourth-order valence-electron chi connectivity index (χ4n) is 1.51. The van der Waals surface area contributed by atoms with Gasteiger partial charge in [-0.1, -0.05) is 17.7 Å². The third-order valence-electron chi connectivity index (χ3n) is 2.62. The molecule has 4 N–H and O–H groups in total. The van der Waals surface area contributed by atoms with Gasteiger partial charge in [0.25, 0.3) is 0 Å². The number of aryl methyl sites for hydroxylation is 1. The molecule has 0 spiro atoms. The molecule has 18 heavy (non-hydrogen) atoms. The lowest BCUT2D eigenvalue weighted by molar-refractivity contribution is 1.09. The Morgan fingerprint density at radius 3 is 2.78 bits per heavy atom. The van der Waals surface area contributed by atoms with E-state index in [1.807, 2.05) is 32.0 Å². The number of nitrogens with zero attached hydrogens (tertiary/aromatic N) is 2. The van der Waals surface area contributed by atoms with Gasteiger partial charge in [-0.25, -0.2) is 10.8 Å². The van der Waals surface area contributed by atoms with E-state index in [4.69, 9.17) is 17.4 Å². The van der Waals surface area contributed by atoms with Gasteiger partial charge in [0.05, 0.1) is 0 Å². The quantitative estimate of drug-likeness (QED) is 0.586. The van der Waals surface area contributed by atoms with Crippen molar-refractivity contribution in [2.45, 2.75) is 13.8 Å². The second-order valence-electron chi connectivity index (χ2n) is 3.91. The smallest absolute Gasteiger partial charge is 0.239 e. The van der Waals surface area contributed by atoms with Crippen molar-refractivity contribution in [1.82, 2.24) is 9.97 Å². The van der Waals surface area contributed by atoms with Crippen LogP contribution in [0.15, 0.2) is 24.4 Å². The number of benzene rings is 1. The lowest BCUT2D eigenvalue weighted by Crippen LogP contribution is -2.11. The second kappa shape index (κ2) is 5.20. The van der Waals surface area contributed by atoms with Crippen LogP contribution < -0.4 is 16.6 Å². The van der Waals surface area contributed by atoms with Crippen LogP contribution in [0.25, 0.3) is 0 Å². The Balaban J connectivity index is 2.36. The summed E-state index contributed by atoms with van der Waals surface area (Å²) in [5.74, 6) is 6.35. The predicted octanol–water partition coefficient (Wildman–Crippen LogP) is 2.78. The second-order valence-corrected chi connectivity index (χ2v) is 4.31. The van der Waals surface area contributed by atoms with Crippen LogP contribution in [0, 0.1) is 13.8 Å². The minimum atomic E-state index is 0.364. The van der Waals surface area contributed by atoms with Crippen molar-refractivity contribution in [3.63, 3.8) is 0 Å². The Morgan fingerprint density at radius 1 is 1.28 bits per heavy atom. The molecule has 1 heterocycles. The van der Waals surface area contributed by atoms with Gasteiger partial charge in [-0.2, -0.15) is 4.98 Å². The normalized spacial score (nSPS) is 10.2. The average molecular weight is 264 g/mol. The molecular formula is C12H14ClN5. The number of nitrogens with two attached hydrogens (primary N) is 1. The summed E-state index contributed by atoms with van der Waals surface area (Å²) in [7, 11) is 0. The van der Waals surface area contributed by atoms with Crippen LogP contribution in [0.5, 0.6) is 0 Å². The van der Waals surface area contributed by atoms with Crippen molar-refractivity contribution in [3.8, 4) is 0 Å². The van der Waals surface area contributed by atoms with E-state index in [1.165, 1.54) is 0 Å². The molecule has 0 radical (unpaired) electrons. The van der Waals surface area contributed by atoms with Crippen molar-refractivity contribution in [3.05, 3.63) is 40.5 Å². The number of anilines is 3. The summed E-state index contributed by atoms with van der Waals surface area (Å²) < 4.78 is 0. The molecule has 0 saturated carbocycles. The average Bonchev–Trinajstić information content (AvgIpc) is 2.37. The van der Waals surface area contributed by atoms with Gasteiger partial charge >= 0.3 is 0 Å². The maximum Gasteiger partial charge on any atom is 0.239 e. The lowest BCUT2D eigenvalue weighted by Gasteiger charge is -2.12. The minimum absolute atomic E-state index is 0.364. The molecule has 1 aromatic heterocycles. The van der Waals surface area contributed by atoms with Crippen LogP contribution in [-0.2, 0) is 0 Å². The van der Waals surface area contributed by atoms with E-state index < -0.39 is 0 Å². The fraction of sp³-hybridized carbons (Fsp3) is 0.167. The zero-order chi connectivity index (χ0) is 13.1. The van der Waals surface area contributed by atoms with Gasteiger partial charge in [0.15, 0.2) is 0 Å². The van der Waals surface area contributed by atoms with Crippen molar-refractivity contribution >= 4 is 29.1 Å². The van der Waals surface area contributed by atoms with Crippen LogP contribution in [0.3, 0.4) is 0 Å².